The first-order valence-electron chi connectivity index (χ1n) is 8.94. The van der Waals surface area contributed by atoms with Gasteiger partial charge in [0.2, 0.25) is 0 Å². The number of carbonyl (C=O) groups is 1. The minimum atomic E-state index is 0.0124. The van der Waals surface area contributed by atoms with Crippen molar-refractivity contribution in [2.75, 3.05) is 13.1 Å². The Balaban J connectivity index is 1.44. The van der Waals surface area contributed by atoms with E-state index in [-0.39, 0.29) is 5.91 Å². The fourth-order valence-corrected chi connectivity index (χ4v) is 3.49. The number of nitrogens with one attached hydrogen (secondary N) is 1. The molecule has 4 rings (SSSR count). The lowest BCUT2D eigenvalue weighted by molar-refractivity contribution is 0.0667. The molecule has 4 heterocycles. The third-order valence-corrected chi connectivity index (χ3v) is 4.80. The summed E-state index contributed by atoms with van der Waals surface area (Å²) < 4.78 is 0. The molecule has 132 valence electrons. The molecule has 0 unspecified atom stereocenters. The quantitative estimate of drug-likeness (QED) is 0.787. The first-order valence-corrected chi connectivity index (χ1v) is 8.94. The third kappa shape index (κ3) is 3.64. The topological polar surface area (TPSA) is 74.8 Å². The highest BCUT2D eigenvalue weighted by Crippen LogP contribution is 2.22. The van der Waals surface area contributed by atoms with Crippen LogP contribution in [-0.2, 0) is 6.42 Å². The van der Waals surface area contributed by atoms with E-state index in [0.717, 1.165) is 49.3 Å². The Labute approximate surface area is 152 Å². The Kier molecular flexibility index (Phi) is 4.73. The molecule has 6 nitrogen and oxygen atoms in total. The van der Waals surface area contributed by atoms with E-state index in [1.807, 2.05) is 41.4 Å². The lowest BCUT2D eigenvalue weighted by Crippen LogP contribution is -2.40. The van der Waals surface area contributed by atoms with Gasteiger partial charge in [-0.15, -0.1) is 0 Å². The fourth-order valence-electron chi connectivity index (χ4n) is 3.49. The van der Waals surface area contributed by atoms with Crippen molar-refractivity contribution in [1.29, 1.82) is 0 Å². The highest BCUT2D eigenvalue weighted by atomic mass is 16.2. The molecule has 0 aromatic carbocycles. The number of hydrogen-bond donors (Lipinski definition) is 1. The molecular weight excluding hydrogens is 326 g/mol. The van der Waals surface area contributed by atoms with Crippen molar-refractivity contribution in [3.05, 3.63) is 66.4 Å². The maximum absolute atomic E-state index is 12.9. The summed E-state index contributed by atoms with van der Waals surface area (Å²) in [5.74, 6) is 0.460. The predicted octanol–water partition coefficient (Wildman–Crippen LogP) is 2.96. The van der Waals surface area contributed by atoms with Crippen molar-refractivity contribution in [3.8, 4) is 11.3 Å². The van der Waals surface area contributed by atoms with Crippen LogP contribution >= 0.6 is 0 Å². The van der Waals surface area contributed by atoms with Gasteiger partial charge in [0, 0.05) is 42.9 Å². The second-order valence-electron chi connectivity index (χ2n) is 6.69. The monoisotopic (exact) mass is 347 g/mol. The van der Waals surface area contributed by atoms with Gasteiger partial charge >= 0.3 is 0 Å². The third-order valence-electron chi connectivity index (χ3n) is 4.80. The number of hydrogen-bond acceptors (Lipinski definition) is 4. The van der Waals surface area contributed by atoms with Crippen LogP contribution < -0.4 is 0 Å². The number of pyridine rings is 2. The molecule has 0 saturated carbocycles. The van der Waals surface area contributed by atoms with Gasteiger partial charge in [0.15, 0.2) is 0 Å². The zero-order chi connectivity index (χ0) is 17.8. The molecule has 1 aliphatic heterocycles. The van der Waals surface area contributed by atoms with Crippen LogP contribution in [-0.4, -0.2) is 44.1 Å². The standard InChI is InChI=1S/C20H21N5O/c26-20(19-12-18(23-24-19)16-6-3-8-21-13-16)25-10-4-5-15(14-25)11-17-7-1-2-9-22-17/h1-3,6-9,12-13,15H,4-5,10-11,14H2,(H,23,24)/t15-/m1/s1. The van der Waals surface area contributed by atoms with Gasteiger partial charge in [-0.1, -0.05) is 6.07 Å². The molecule has 6 heteroatoms. The molecule has 26 heavy (non-hydrogen) atoms. The molecule has 3 aromatic rings. The highest BCUT2D eigenvalue weighted by molar-refractivity contribution is 5.93. The van der Waals surface area contributed by atoms with E-state index in [0.29, 0.717) is 11.6 Å². The number of rotatable bonds is 4. The first-order chi connectivity index (χ1) is 12.8. The Morgan fingerprint density at radius 2 is 2.19 bits per heavy atom. The Hall–Kier alpha value is -3.02. The Morgan fingerprint density at radius 1 is 1.23 bits per heavy atom. The molecule has 1 N–H and O–H groups in total. The average molecular weight is 347 g/mol. The minimum Gasteiger partial charge on any atom is -0.337 e. The number of piperidine rings is 1. The summed E-state index contributed by atoms with van der Waals surface area (Å²) in [6.45, 7) is 1.55. The number of nitrogens with zero attached hydrogens (tertiary/aromatic N) is 4. The first kappa shape index (κ1) is 16.4. The molecule has 3 aromatic heterocycles. The molecule has 0 bridgehead atoms. The van der Waals surface area contributed by atoms with E-state index < -0.39 is 0 Å². The van der Waals surface area contributed by atoms with Crippen molar-refractivity contribution in [3.63, 3.8) is 0 Å². The largest absolute Gasteiger partial charge is 0.337 e. The molecule has 1 saturated heterocycles. The molecular formula is C20H21N5O. The number of aromatic nitrogens is 4. The van der Waals surface area contributed by atoms with Crippen LogP contribution in [0.25, 0.3) is 11.3 Å². The van der Waals surface area contributed by atoms with Gasteiger partial charge in [0.25, 0.3) is 5.91 Å². The summed E-state index contributed by atoms with van der Waals surface area (Å²) >= 11 is 0. The summed E-state index contributed by atoms with van der Waals surface area (Å²) in [7, 11) is 0. The Bertz CT molecular complexity index is 862. The van der Waals surface area contributed by atoms with Crippen LogP contribution in [0.1, 0.15) is 29.0 Å². The van der Waals surface area contributed by atoms with Crippen molar-refractivity contribution in [2.24, 2.45) is 5.92 Å². The average Bonchev–Trinajstić information content (AvgIpc) is 3.19. The zero-order valence-electron chi connectivity index (χ0n) is 14.5. The molecule has 1 amide bonds. The second-order valence-corrected chi connectivity index (χ2v) is 6.69. The predicted molar refractivity (Wildman–Crippen MR) is 98.4 cm³/mol. The molecule has 0 aliphatic carbocycles. The van der Waals surface area contributed by atoms with Crippen molar-refractivity contribution in [1.82, 2.24) is 25.1 Å². The van der Waals surface area contributed by atoms with Crippen molar-refractivity contribution in [2.45, 2.75) is 19.3 Å². The summed E-state index contributed by atoms with van der Waals surface area (Å²) in [6, 6.07) is 11.6. The number of amides is 1. The van der Waals surface area contributed by atoms with Crippen LogP contribution in [0.2, 0.25) is 0 Å². The SMILES string of the molecule is O=C(c1cc(-c2cccnc2)n[nH]1)N1CCC[C@H](Cc2ccccn2)C1. The maximum Gasteiger partial charge on any atom is 0.271 e. The van der Waals surface area contributed by atoms with Gasteiger partial charge in [-0.25, -0.2) is 0 Å². The zero-order valence-corrected chi connectivity index (χ0v) is 14.5. The molecule has 1 aliphatic rings. The number of aromatic amines is 1. The van der Waals surface area contributed by atoms with Crippen molar-refractivity contribution >= 4 is 5.91 Å². The van der Waals surface area contributed by atoms with Crippen LogP contribution in [0.3, 0.4) is 0 Å². The van der Waals surface area contributed by atoms with Gasteiger partial charge in [0.05, 0.1) is 5.69 Å². The molecule has 0 radical (unpaired) electrons. The smallest absolute Gasteiger partial charge is 0.271 e. The maximum atomic E-state index is 12.9. The summed E-state index contributed by atoms with van der Waals surface area (Å²) in [6.07, 6.45) is 8.35. The van der Waals surface area contributed by atoms with Gasteiger partial charge < -0.3 is 4.90 Å². The van der Waals surface area contributed by atoms with E-state index in [1.165, 1.54) is 0 Å². The Morgan fingerprint density at radius 3 is 3.00 bits per heavy atom. The fraction of sp³-hybridized carbons (Fsp3) is 0.300. The van der Waals surface area contributed by atoms with Gasteiger partial charge in [-0.05, 0) is 55.5 Å². The van der Waals surface area contributed by atoms with Crippen LogP contribution in [0.4, 0.5) is 0 Å². The number of likely N-dealkylation sites (tertiary alicyclic amines) is 1. The molecule has 0 spiro atoms. The van der Waals surface area contributed by atoms with E-state index >= 15 is 0 Å². The normalized spacial score (nSPS) is 17.2. The minimum absolute atomic E-state index is 0.0124. The van der Waals surface area contributed by atoms with Gasteiger partial charge in [-0.3, -0.25) is 19.9 Å². The van der Waals surface area contributed by atoms with Crippen LogP contribution in [0.5, 0.6) is 0 Å². The van der Waals surface area contributed by atoms with Crippen molar-refractivity contribution < 1.29 is 4.79 Å². The summed E-state index contributed by atoms with van der Waals surface area (Å²) in [5.41, 5.74) is 3.26. The van der Waals surface area contributed by atoms with E-state index in [9.17, 15) is 4.79 Å². The van der Waals surface area contributed by atoms with Crippen LogP contribution in [0.15, 0.2) is 55.0 Å². The lowest BCUT2D eigenvalue weighted by atomic mass is 9.93. The van der Waals surface area contributed by atoms with E-state index in [4.69, 9.17) is 0 Å². The highest BCUT2D eigenvalue weighted by Gasteiger charge is 2.26. The summed E-state index contributed by atoms with van der Waals surface area (Å²) in [5, 5.41) is 7.15. The number of carbonyl (C=O) groups excluding carboxylic acids is 1. The lowest BCUT2D eigenvalue weighted by Gasteiger charge is -2.32. The van der Waals surface area contributed by atoms with Gasteiger partial charge in [0.1, 0.15) is 5.69 Å². The number of H-pyrrole nitrogens is 1. The second kappa shape index (κ2) is 7.47. The van der Waals surface area contributed by atoms with Gasteiger partial charge in [-0.2, -0.15) is 5.10 Å². The molecule has 1 fully saturated rings. The molecule has 1 atom stereocenters. The van der Waals surface area contributed by atoms with Crippen LogP contribution in [0, 0.1) is 5.92 Å². The summed E-state index contributed by atoms with van der Waals surface area (Å²) in [4.78, 5) is 23.3. The van der Waals surface area contributed by atoms with E-state index in [1.54, 1.807) is 12.4 Å². The van der Waals surface area contributed by atoms with E-state index in [2.05, 4.69) is 26.2 Å².